The highest BCUT2D eigenvalue weighted by Gasteiger charge is 2.37. The molecule has 0 spiro atoms. The quantitative estimate of drug-likeness (QED) is 0.395. The Morgan fingerprint density at radius 3 is 2.49 bits per heavy atom. The molecule has 0 radical (unpaired) electrons. The van der Waals surface area contributed by atoms with Gasteiger partial charge in [-0.3, -0.25) is 14.4 Å². The molecular weight excluding hydrogens is 526 g/mol. The number of carboxylic acid groups (broad SMARTS) is 1. The van der Waals surface area contributed by atoms with Crippen molar-refractivity contribution in [2.45, 2.75) is 51.6 Å². The minimum atomic E-state index is -4.95. The lowest BCUT2D eigenvalue weighted by Gasteiger charge is -2.35. The fraction of sp³-hybridized carbons (Fsp3) is 0.400. The predicted octanol–water partition coefficient (Wildman–Crippen LogP) is 3.66. The van der Waals surface area contributed by atoms with Crippen molar-refractivity contribution in [1.29, 1.82) is 0 Å². The third kappa shape index (κ3) is 6.16. The molecule has 1 aliphatic rings. The Labute approximate surface area is 219 Å². The molecule has 3 aromatic rings. The first kappa shape index (κ1) is 28.0. The summed E-state index contributed by atoms with van der Waals surface area (Å²) < 4.78 is 62.8. The van der Waals surface area contributed by atoms with Gasteiger partial charge in [0.1, 0.15) is 5.82 Å². The van der Waals surface area contributed by atoms with Gasteiger partial charge >= 0.3 is 12.1 Å². The number of amides is 1. The zero-order chi connectivity index (χ0) is 28.6. The number of alkyl halides is 3. The van der Waals surface area contributed by atoms with Gasteiger partial charge in [0, 0.05) is 19.3 Å². The number of ether oxygens (including phenoxy) is 1. The number of fused-ring (bicyclic) bond motifs is 1. The number of anilines is 1. The third-order valence-corrected chi connectivity index (χ3v) is 6.16. The number of aliphatic carboxylic acids is 1. The van der Waals surface area contributed by atoms with Crippen molar-refractivity contribution in [3.05, 3.63) is 63.1 Å². The number of aromatic nitrogens is 3. The summed E-state index contributed by atoms with van der Waals surface area (Å²) in [6.45, 7) is 5.54. The minimum Gasteiger partial charge on any atom is -0.481 e. The molecule has 1 fully saturated rings. The van der Waals surface area contributed by atoms with Crippen LogP contribution in [-0.2, 0) is 15.7 Å². The second-order valence-electron chi connectivity index (χ2n) is 9.42. The molecule has 2 aromatic heterocycles. The highest BCUT2D eigenvalue weighted by molar-refractivity contribution is 5.94. The number of pyridine rings is 1. The summed E-state index contributed by atoms with van der Waals surface area (Å²) in [5.74, 6) is -3.54. The maximum Gasteiger partial charge on any atom is 0.416 e. The first-order chi connectivity index (χ1) is 18.2. The average Bonchev–Trinajstić information content (AvgIpc) is 2.82. The molecule has 0 aliphatic carbocycles. The van der Waals surface area contributed by atoms with Crippen LogP contribution in [0.1, 0.15) is 53.6 Å². The maximum absolute atomic E-state index is 15.1. The molecule has 14 heteroatoms. The van der Waals surface area contributed by atoms with Crippen LogP contribution >= 0.6 is 0 Å². The van der Waals surface area contributed by atoms with E-state index in [4.69, 9.17) is 4.74 Å². The number of carbonyl (C=O) groups excluding carboxylic acids is 1. The zero-order valence-corrected chi connectivity index (χ0v) is 21.1. The van der Waals surface area contributed by atoms with E-state index >= 15 is 4.39 Å². The largest absolute Gasteiger partial charge is 0.481 e. The molecule has 1 amide bonds. The molecule has 0 saturated carbocycles. The van der Waals surface area contributed by atoms with E-state index < -0.39 is 58.8 Å². The molecule has 1 aliphatic heterocycles. The van der Waals surface area contributed by atoms with Gasteiger partial charge in [-0.15, -0.1) is 0 Å². The van der Waals surface area contributed by atoms with E-state index in [9.17, 15) is 32.7 Å². The molecule has 39 heavy (non-hydrogen) atoms. The summed E-state index contributed by atoms with van der Waals surface area (Å²) in [6, 6.07) is 0.775. The van der Waals surface area contributed by atoms with Crippen LogP contribution in [0.3, 0.4) is 0 Å². The maximum atomic E-state index is 15.1. The Kier molecular flexibility index (Phi) is 7.59. The number of carbonyl (C=O) groups is 2. The second-order valence-corrected chi connectivity index (χ2v) is 9.42. The van der Waals surface area contributed by atoms with Crippen LogP contribution in [0.15, 0.2) is 29.2 Å². The smallest absolute Gasteiger partial charge is 0.416 e. The van der Waals surface area contributed by atoms with Gasteiger partial charge in [-0.05, 0) is 44.5 Å². The van der Waals surface area contributed by atoms with E-state index in [-0.39, 0.29) is 47.6 Å². The molecule has 1 unspecified atom stereocenters. The number of aryl methyl sites for hydroxylation is 1. The number of nitrogens with one attached hydrogen (secondary N) is 2. The molecule has 3 atom stereocenters. The van der Waals surface area contributed by atoms with Crippen LogP contribution in [0, 0.1) is 12.7 Å². The van der Waals surface area contributed by atoms with Gasteiger partial charge in [0.15, 0.2) is 11.6 Å². The van der Waals surface area contributed by atoms with Crippen LogP contribution in [0.2, 0.25) is 0 Å². The highest BCUT2D eigenvalue weighted by atomic mass is 19.4. The predicted molar refractivity (Wildman–Crippen MR) is 131 cm³/mol. The molecule has 0 bridgehead atoms. The SMILES string of the molecule is Cc1nc2cc(C(F)(F)F)c(C(CC(=O)O)Nc3ncc(C(=O)N4C[C@@H](C)O[C@@H](C)C4)cc3F)cc2c(=O)[nH]1. The number of H-pyrrole nitrogens is 1. The molecule has 3 N–H and O–H groups in total. The average molecular weight is 551 g/mol. The van der Waals surface area contributed by atoms with Crippen molar-refractivity contribution in [3.63, 3.8) is 0 Å². The van der Waals surface area contributed by atoms with Gasteiger partial charge in [0.05, 0.1) is 46.7 Å². The Morgan fingerprint density at radius 1 is 1.23 bits per heavy atom. The summed E-state index contributed by atoms with van der Waals surface area (Å²) in [7, 11) is 0. The fourth-order valence-corrected chi connectivity index (χ4v) is 4.62. The standard InChI is InChI=1S/C25H25F4N5O5/c1-11-9-34(10-12(2)39-11)24(38)14-4-18(26)22(30-8-14)33-20(7-21(35)36)15-5-16-19(6-17(15)25(27,28)29)31-13(3)32-23(16)37/h4-6,8,11-12,20H,7,9-10H2,1-3H3,(H,30,33)(H,35,36)(H,31,32,37)/t11-,12+,20?. The molecule has 1 saturated heterocycles. The monoisotopic (exact) mass is 551 g/mol. The lowest BCUT2D eigenvalue weighted by Crippen LogP contribution is -2.48. The Morgan fingerprint density at radius 2 is 1.90 bits per heavy atom. The number of nitrogens with zero attached hydrogens (tertiary/aromatic N) is 3. The molecule has 208 valence electrons. The van der Waals surface area contributed by atoms with E-state index in [1.807, 2.05) is 0 Å². The van der Waals surface area contributed by atoms with Crippen molar-refractivity contribution in [2.75, 3.05) is 18.4 Å². The number of hydrogen-bond donors (Lipinski definition) is 3. The number of rotatable bonds is 6. The second kappa shape index (κ2) is 10.6. The molecule has 4 rings (SSSR count). The van der Waals surface area contributed by atoms with Crippen LogP contribution in [-0.4, -0.2) is 62.1 Å². The fourth-order valence-electron chi connectivity index (χ4n) is 4.62. The van der Waals surface area contributed by atoms with E-state index in [0.717, 1.165) is 18.3 Å². The van der Waals surface area contributed by atoms with E-state index in [1.54, 1.807) is 13.8 Å². The lowest BCUT2D eigenvalue weighted by molar-refractivity contribution is -0.140. The van der Waals surface area contributed by atoms with Gasteiger partial charge in [-0.1, -0.05) is 0 Å². The van der Waals surface area contributed by atoms with Crippen molar-refractivity contribution in [1.82, 2.24) is 19.9 Å². The summed E-state index contributed by atoms with van der Waals surface area (Å²) in [5, 5.41) is 11.6. The molecule has 1 aromatic carbocycles. The zero-order valence-electron chi connectivity index (χ0n) is 21.1. The van der Waals surface area contributed by atoms with E-state index in [1.165, 1.54) is 11.8 Å². The van der Waals surface area contributed by atoms with Gasteiger partial charge < -0.3 is 25.0 Å². The first-order valence-corrected chi connectivity index (χ1v) is 11.9. The molecule has 10 nitrogen and oxygen atoms in total. The Hall–Kier alpha value is -4.07. The number of carboxylic acids is 1. The minimum absolute atomic E-state index is 0.0930. The molecular formula is C25H25F4N5O5. The van der Waals surface area contributed by atoms with Crippen molar-refractivity contribution in [3.8, 4) is 0 Å². The topological polar surface area (TPSA) is 138 Å². The summed E-state index contributed by atoms with van der Waals surface area (Å²) in [5.41, 5.74) is -2.90. The summed E-state index contributed by atoms with van der Waals surface area (Å²) in [4.78, 5) is 48.6. The Bertz CT molecular complexity index is 1480. The van der Waals surface area contributed by atoms with E-state index in [0.29, 0.717) is 6.07 Å². The van der Waals surface area contributed by atoms with Crippen LogP contribution in [0.4, 0.5) is 23.4 Å². The van der Waals surface area contributed by atoms with E-state index in [2.05, 4.69) is 20.3 Å². The Balaban J connectivity index is 1.72. The van der Waals surface area contributed by atoms with Crippen LogP contribution in [0.5, 0.6) is 0 Å². The van der Waals surface area contributed by atoms with Gasteiger partial charge in [-0.25, -0.2) is 14.4 Å². The lowest BCUT2D eigenvalue weighted by atomic mass is 9.95. The van der Waals surface area contributed by atoms with Crippen molar-refractivity contribution < 1.29 is 37.0 Å². The highest BCUT2D eigenvalue weighted by Crippen LogP contribution is 2.38. The van der Waals surface area contributed by atoms with Crippen LogP contribution < -0.4 is 10.9 Å². The number of hydrogen-bond acceptors (Lipinski definition) is 7. The number of benzene rings is 1. The summed E-state index contributed by atoms with van der Waals surface area (Å²) >= 11 is 0. The van der Waals surface area contributed by atoms with Crippen molar-refractivity contribution >= 4 is 28.6 Å². The number of halogens is 4. The molecule has 3 heterocycles. The summed E-state index contributed by atoms with van der Waals surface area (Å²) in [6.07, 6.45) is -5.26. The van der Waals surface area contributed by atoms with Crippen LogP contribution in [0.25, 0.3) is 10.9 Å². The first-order valence-electron chi connectivity index (χ1n) is 11.9. The van der Waals surface area contributed by atoms with Crippen molar-refractivity contribution in [2.24, 2.45) is 0 Å². The third-order valence-electron chi connectivity index (χ3n) is 6.16. The van der Waals surface area contributed by atoms with Gasteiger partial charge in [-0.2, -0.15) is 13.2 Å². The normalized spacial score (nSPS) is 18.7. The van der Waals surface area contributed by atoms with Gasteiger partial charge in [0.25, 0.3) is 11.5 Å². The number of aromatic amines is 1. The number of morpholine rings is 1. The van der Waals surface area contributed by atoms with Gasteiger partial charge in [0.2, 0.25) is 0 Å².